The summed E-state index contributed by atoms with van der Waals surface area (Å²) in [5.74, 6) is -0.0825. The minimum absolute atomic E-state index is 0.0742. The van der Waals surface area contributed by atoms with Gasteiger partial charge in [-0.25, -0.2) is 4.98 Å². The molecule has 4 nitrogen and oxygen atoms in total. The van der Waals surface area contributed by atoms with Crippen molar-refractivity contribution in [2.45, 2.75) is 37.8 Å². The average molecular weight is 313 g/mol. The summed E-state index contributed by atoms with van der Waals surface area (Å²) in [6, 6.07) is 3.42. The Balaban J connectivity index is 2.10. The van der Waals surface area contributed by atoms with Crippen LogP contribution in [-0.2, 0) is 0 Å². The van der Waals surface area contributed by atoms with E-state index in [0.29, 0.717) is 10.2 Å². The van der Waals surface area contributed by atoms with Crippen LogP contribution in [0.2, 0.25) is 0 Å². The highest BCUT2D eigenvalue weighted by Gasteiger charge is 2.29. The first-order chi connectivity index (χ1) is 8.59. The maximum atomic E-state index is 12.3. The van der Waals surface area contributed by atoms with Crippen LogP contribution < -0.4 is 0 Å². The summed E-state index contributed by atoms with van der Waals surface area (Å²) in [5.41, 5.74) is 0.554. The number of hydrogen-bond acceptors (Lipinski definition) is 3. The summed E-state index contributed by atoms with van der Waals surface area (Å²) < 4.78 is 0.708. The molecule has 1 saturated carbocycles. The van der Waals surface area contributed by atoms with E-state index in [-0.39, 0.29) is 11.9 Å². The van der Waals surface area contributed by atoms with Crippen LogP contribution in [0.1, 0.15) is 36.0 Å². The lowest BCUT2D eigenvalue weighted by Crippen LogP contribution is -2.46. The van der Waals surface area contributed by atoms with Gasteiger partial charge in [0.15, 0.2) is 0 Å². The molecule has 0 aromatic carbocycles. The van der Waals surface area contributed by atoms with Crippen LogP contribution in [0.15, 0.2) is 22.9 Å². The van der Waals surface area contributed by atoms with Gasteiger partial charge >= 0.3 is 0 Å². The predicted molar refractivity (Wildman–Crippen MR) is 72.3 cm³/mol. The highest BCUT2D eigenvalue weighted by molar-refractivity contribution is 9.10. The van der Waals surface area contributed by atoms with Crippen LogP contribution in [-0.4, -0.2) is 40.1 Å². The molecule has 0 spiro atoms. The van der Waals surface area contributed by atoms with Gasteiger partial charge in [0, 0.05) is 13.2 Å². The number of carbonyl (C=O) groups is 1. The van der Waals surface area contributed by atoms with E-state index in [2.05, 4.69) is 20.9 Å². The number of aliphatic hydroxyl groups is 1. The molecule has 1 N–H and O–H groups in total. The van der Waals surface area contributed by atoms with Gasteiger partial charge in [0.1, 0.15) is 4.60 Å². The third kappa shape index (κ3) is 2.90. The summed E-state index contributed by atoms with van der Waals surface area (Å²) in [4.78, 5) is 18.0. The van der Waals surface area contributed by atoms with Crippen LogP contribution in [0.5, 0.6) is 0 Å². The van der Waals surface area contributed by atoms with Crippen LogP contribution in [0, 0.1) is 0 Å². The van der Waals surface area contributed by atoms with Crippen molar-refractivity contribution in [2.24, 2.45) is 0 Å². The molecule has 1 aromatic heterocycles. The maximum absolute atomic E-state index is 12.3. The van der Waals surface area contributed by atoms with E-state index in [4.69, 9.17) is 0 Å². The molecule has 2 atom stereocenters. The minimum Gasteiger partial charge on any atom is -0.391 e. The fraction of sp³-hybridized carbons (Fsp3) is 0.538. The summed E-state index contributed by atoms with van der Waals surface area (Å²) in [6.07, 6.45) is 4.90. The Morgan fingerprint density at radius 3 is 2.78 bits per heavy atom. The molecule has 2 unspecified atom stereocenters. The Kier molecular flexibility index (Phi) is 4.35. The molecule has 98 valence electrons. The third-order valence-corrected chi connectivity index (χ3v) is 3.96. The molecule has 5 heteroatoms. The molecule has 0 bridgehead atoms. The van der Waals surface area contributed by atoms with Gasteiger partial charge < -0.3 is 10.0 Å². The van der Waals surface area contributed by atoms with Gasteiger partial charge in [-0.1, -0.05) is 12.8 Å². The van der Waals surface area contributed by atoms with E-state index >= 15 is 0 Å². The molecule has 1 aromatic rings. The maximum Gasteiger partial charge on any atom is 0.255 e. The van der Waals surface area contributed by atoms with E-state index in [0.717, 1.165) is 25.7 Å². The molecule has 1 aliphatic carbocycles. The fourth-order valence-corrected chi connectivity index (χ4v) is 2.63. The number of amides is 1. The van der Waals surface area contributed by atoms with Gasteiger partial charge in [0.2, 0.25) is 0 Å². The van der Waals surface area contributed by atoms with Crippen LogP contribution in [0.4, 0.5) is 0 Å². The number of aromatic nitrogens is 1. The minimum atomic E-state index is -0.406. The summed E-state index contributed by atoms with van der Waals surface area (Å²) >= 11 is 3.24. The first-order valence-electron chi connectivity index (χ1n) is 6.16. The van der Waals surface area contributed by atoms with Crippen LogP contribution in [0.25, 0.3) is 0 Å². The molecule has 1 amide bonds. The molecule has 0 radical (unpaired) electrons. The lowest BCUT2D eigenvalue weighted by molar-refractivity contribution is 0.0267. The Hall–Kier alpha value is -0.940. The molecule has 2 rings (SSSR count). The molecular weight excluding hydrogens is 296 g/mol. The molecule has 0 aliphatic heterocycles. The second-order valence-corrected chi connectivity index (χ2v) is 5.52. The van der Waals surface area contributed by atoms with Crippen molar-refractivity contribution in [2.75, 3.05) is 7.05 Å². The van der Waals surface area contributed by atoms with E-state index in [1.165, 1.54) is 0 Å². The normalized spacial score (nSPS) is 23.7. The number of rotatable bonds is 2. The molecule has 1 heterocycles. The van der Waals surface area contributed by atoms with Crippen molar-refractivity contribution < 1.29 is 9.90 Å². The number of carbonyl (C=O) groups excluding carboxylic acids is 1. The van der Waals surface area contributed by atoms with Crippen molar-refractivity contribution >= 4 is 21.8 Å². The van der Waals surface area contributed by atoms with E-state index in [1.54, 1.807) is 30.3 Å². The number of pyridine rings is 1. The summed E-state index contributed by atoms with van der Waals surface area (Å²) in [5, 5.41) is 9.96. The number of halogens is 1. The Bertz CT molecular complexity index is 422. The Morgan fingerprint density at radius 1 is 1.44 bits per heavy atom. The van der Waals surface area contributed by atoms with Crippen molar-refractivity contribution in [3.63, 3.8) is 0 Å². The average Bonchev–Trinajstić information content (AvgIpc) is 2.38. The van der Waals surface area contributed by atoms with Crippen molar-refractivity contribution in [3.05, 3.63) is 28.5 Å². The second-order valence-electron chi connectivity index (χ2n) is 4.70. The quantitative estimate of drug-likeness (QED) is 0.852. The molecule has 1 fully saturated rings. The van der Waals surface area contributed by atoms with Crippen molar-refractivity contribution in [1.82, 2.24) is 9.88 Å². The zero-order valence-electron chi connectivity index (χ0n) is 10.3. The van der Waals surface area contributed by atoms with Gasteiger partial charge in [-0.2, -0.15) is 0 Å². The zero-order valence-corrected chi connectivity index (χ0v) is 11.9. The van der Waals surface area contributed by atoms with E-state index in [9.17, 15) is 9.90 Å². The molecular formula is C13H17BrN2O2. The van der Waals surface area contributed by atoms with Gasteiger partial charge in [0.25, 0.3) is 5.91 Å². The largest absolute Gasteiger partial charge is 0.391 e. The van der Waals surface area contributed by atoms with Crippen LogP contribution >= 0.6 is 15.9 Å². The standard InChI is InChI=1S/C13H17BrN2O2/c1-16(10-4-2-3-5-11(10)17)13(18)9-6-7-12(14)15-8-9/h6-8,10-11,17H,2-5H2,1H3. The first-order valence-corrected chi connectivity index (χ1v) is 6.95. The predicted octanol–water partition coefficient (Wildman–Crippen LogP) is 2.22. The topological polar surface area (TPSA) is 53.4 Å². The highest BCUT2D eigenvalue weighted by Crippen LogP contribution is 2.23. The Labute approximate surface area is 115 Å². The molecule has 18 heavy (non-hydrogen) atoms. The van der Waals surface area contributed by atoms with Crippen molar-refractivity contribution in [1.29, 1.82) is 0 Å². The van der Waals surface area contributed by atoms with Gasteiger partial charge in [-0.15, -0.1) is 0 Å². The summed E-state index contributed by atoms with van der Waals surface area (Å²) in [6.45, 7) is 0. The molecule has 1 aliphatic rings. The smallest absolute Gasteiger partial charge is 0.255 e. The van der Waals surface area contributed by atoms with E-state index in [1.807, 2.05) is 0 Å². The van der Waals surface area contributed by atoms with Crippen LogP contribution in [0.3, 0.4) is 0 Å². The van der Waals surface area contributed by atoms with Gasteiger partial charge in [0.05, 0.1) is 17.7 Å². The SMILES string of the molecule is CN(C(=O)c1ccc(Br)nc1)C1CCCCC1O. The highest BCUT2D eigenvalue weighted by atomic mass is 79.9. The van der Waals surface area contributed by atoms with Crippen molar-refractivity contribution in [3.8, 4) is 0 Å². The van der Waals surface area contributed by atoms with Gasteiger partial charge in [-0.05, 0) is 40.9 Å². The number of aliphatic hydroxyl groups excluding tert-OH is 1. The number of nitrogens with zero attached hydrogens (tertiary/aromatic N) is 2. The lowest BCUT2D eigenvalue weighted by atomic mass is 9.91. The zero-order chi connectivity index (χ0) is 13.1. The second kappa shape index (κ2) is 5.80. The van der Waals surface area contributed by atoms with E-state index < -0.39 is 6.10 Å². The van der Waals surface area contributed by atoms with Gasteiger partial charge in [-0.3, -0.25) is 4.79 Å². The third-order valence-electron chi connectivity index (χ3n) is 3.49. The fourth-order valence-electron chi connectivity index (χ4n) is 2.40. The summed E-state index contributed by atoms with van der Waals surface area (Å²) in [7, 11) is 1.75. The Morgan fingerprint density at radius 2 is 2.17 bits per heavy atom. The number of hydrogen-bond donors (Lipinski definition) is 1. The lowest BCUT2D eigenvalue weighted by Gasteiger charge is -2.35. The first kappa shape index (κ1) is 13.5. The monoisotopic (exact) mass is 312 g/mol. The molecule has 0 saturated heterocycles. The number of likely N-dealkylation sites (N-methyl/N-ethyl adjacent to an activating group) is 1.